The number of Topliss-reactive ketones (excluding diaryl/α,β-unsaturated/α-hetero) is 1. The van der Waals surface area contributed by atoms with E-state index >= 15 is 0 Å². The summed E-state index contributed by atoms with van der Waals surface area (Å²) >= 11 is 0. The van der Waals surface area contributed by atoms with Gasteiger partial charge in [-0.25, -0.2) is 4.79 Å². The lowest BCUT2D eigenvalue weighted by molar-refractivity contribution is -0.144. The van der Waals surface area contributed by atoms with Crippen molar-refractivity contribution < 1.29 is 23.8 Å². The molecule has 0 radical (unpaired) electrons. The van der Waals surface area contributed by atoms with Crippen LogP contribution in [-0.2, 0) is 20.7 Å². The average molecular weight is 387 g/mol. The normalized spacial score (nSPS) is 11.9. The number of carbonyl (C=O) groups is 2. The predicted molar refractivity (Wildman–Crippen MR) is 107 cm³/mol. The lowest BCUT2D eigenvalue weighted by Gasteiger charge is -2.17. The van der Waals surface area contributed by atoms with Gasteiger partial charge in [0.2, 0.25) is 5.78 Å². The summed E-state index contributed by atoms with van der Waals surface area (Å²) in [6.07, 6.45) is 0.806. The van der Waals surface area contributed by atoms with Crippen molar-refractivity contribution in [2.24, 2.45) is 0 Å². The Balaban J connectivity index is 1.93. The van der Waals surface area contributed by atoms with Crippen LogP contribution in [0.3, 0.4) is 0 Å². The standard InChI is InChI=1S/C22H29NO5/c1-6-18-9-7-8-10-21(18)27-14-22(25)28-13-20(24)19-11-15(2)23(17(19)4)16(3)12-26-5/h7-11,16H,6,12-14H2,1-5H3. The highest BCUT2D eigenvalue weighted by molar-refractivity contribution is 5.99. The number of aryl methyl sites for hydroxylation is 2. The molecule has 6 nitrogen and oxygen atoms in total. The van der Waals surface area contributed by atoms with Crippen LogP contribution in [0.4, 0.5) is 0 Å². The minimum atomic E-state index is -0.569. The molecule has 0 saturated heterocycles. The maximum atomic E-state index is 12.5. The number of nitrogens with zero attached hydrogens (tertiary/aromatic N) is 1. The number of ketones is 1. The van der Waals surface area contributed by atoms with Gasteiger partial charge in [0.15, 0.2) is 13.2 Å². The van der Waals surface area contributed by atoms with Gasteiger partial charge in [-0.15, -0.1) is 0 Å². The highest BCUT2D eigenvalue weighted by Crippen LogP contribution is 2.21. The topological polar surface area (TPSA) is 66.8 Å². The van der Waals surface area contributed by atoms with Crippen molar-refractivity contribution in [1.82, 2.24) is 4.57 Å². The van der Waals surface area contributed by atoms with Gasteiger partial charge in [0.05, 0.1) is 12.6 Å². The van der Waals surface area contributed by atoms with Crippen LogP contribution in [0.5, 0.6) is 5.75 Å². The highest BCUT2D eigenvalue weighted by Gasteiger charge is 2.20. The van der Waals surface area contributed by atoms with E-state index in [0.29, 0.717) is 17.9 Å². The van der Waals surface area contributed by atoms with Gasteiger partial charge in [-0.2, -0.15) is 0 Å². The van der Waals surface area contributed by atoms with Crippen LogP contribution >= 0.6 is 0 Å². The smallest absolute Gasteiger partial charge is 0.344 e. The quantitative estimate of drug-likeness (QED) is 0.460. The number of para-hydroxylation sites is 1. The maximum absolute atomic E-state index is 12.5. The third-order valence-corrected chi connectivity index (χ3v) is 4.70. The molecule has 0 N–H and O–H groups in total. The first-order valence-electron chi connectivity index (χ1n) is 9.45. The maximum Gasteiger partial charge on any atom is 0.344 e. The molecule has 1 unspecified atom stereocenters. The van der Waals surface area contributed by atoms with Crippen molar-refractivity contribution in [3.8, 4) is 5.75 Å². The second-order valence-electron chi connectivity index (χ2n) is 6.79. The molecule has 0 spiro atoms. The molecular formula is C22H29NO5. The van der Waals surface area contributed by atoms with Gasteiger partial charge in [0, 0.05) is 24.1 Å². The number of hydrogen-bond donors (Lipinski definition) is 0. The number of esters is 1. The molecule has 152 valence electrons. The number of ether oxygens (including phenoxy) is 3. The molecule has 0 aliphatic heterocycles. The molecule has 0 fully saturated rings. The Bertz CT molecular complexity index is 824. The fourth-order valence-corrected chi connectivity index (χ4v) is 3.39. The third kappa shape index (κ3) is 5.23. The van der Waals surface area contributed by atoms with E-state index in [1.807, 2.05) is 58.0 Å². The Morgan fingerprint density at radius 2 is 1.86 bits per heavy atom. The van der Waals surface area contributed by atoms with Crippen molar-refractivity contribution >= 4 is 11.8 Å². The molecule has 0 aliphatic rings. The van der Waals surface area contributed by atoms with Gasteiger partial charge in [-0.1, -0.05) is 25.1 Å². The summed E-state index contributed by atoms with van der Waals surface area (Å²) in [4.78, 5) is 24.5. The van der Waals surface area contributed by atoms with Crippen molar-refractivity contribution in [3.63, 3.8) is 0 Å². The molecule has 1 aromatic heterocycles. The zero-order chi connectivity index (χ0) is 20.7. The summed E-state index contributed by atoms with van der Waals surface area (Å²) in [6.45, 7) is 7.90. The summed E-state index contributed by atoms with van der Waals surface area (Å²) in [5.74, 6) is -0.143. The largest absolute Gasteiger partial charge is 0.482 e. The molecule has 6 heteroatoms. The van der Waals surface area contributed by atoms with Crippen molar-refractivity contribution in [3.05, 3.63) is 52.8 Å². The van der Waals surface area contributed by atoms with Gasteiger partial charge >= 0.3 is 5.97 Å². The first-order chi connectivity index (χ1) is 13.4. The SMILES string of the molecule is CCc1ccccc1OCC(=O)OCC(=O)c1cc(C)n(C(C)COC)c1C. The first kappa shape index (κ1) is 21.7. The number of rotatable bonds is 10. The molecule has 28 heavy (non-hydrogen) atoms. The predicted octanol–water partition coefficient (Wildman–Crippen LogP) is 3.68. The Morgan fingerprint density at radius 1 is 1.14 bits per heavy atom. The Kier molecular flexibility index (Phi) is 7.81. The molecule has 1 heterocycles. The number of carbonyl (C=O) groups excluding carboxylic acids is 2. The summed E-state index contributed by atoms with van der Waals surface area (Å²) in [5.41, 5.74) is 3.39. The van der Waals surface area contributed by atoms with Crippen LogP contribution in [0.25, 0.3) is 0 Å². The van der Waals surface area contributed by atoms with E-state index < -0.39 is 5.97 Å². The van der Waals surface area contributed by atoms with E-state index in [0.717, 1.165) is 23.4 Å². The van der Waals surface area contributed by atoms with Crippen molar-refractivity contribution in [1.29, 1.82) is 0 Å². The van der Waals surface area contributed by atoms with E-state index in [1.165, 1.54) is 0 Å². The van der Waals surface area contributed by atoms with Crippen LogP contribution in [-0.4, -0.2) is 43.3 Å². The van der Waals surface area contributed by atoms with Crippen LogP contribution in [0.1, 0.15) is 47.2 Å². The minimum Gasteiger partial charge on any atom is -0.482 e. The summed E-state index contributed by atoms with van der Waals surface area (Å²) < 4.78 is 17.9. The van der Waals surface area contributed by atoms with Gasteiger partial charge in [0.25, 0.3) is 0 Å². The number of aromatic nitrogens is 1. The molecule has 1 atom stereocenters. The zero-order valence-electron chi connectivity index (χ0n) is 17.3. The first-order valence-corrected chi connectivity index (χ1v) is 9.45. The molecule has 0 amide bonds. The third-order valence-electron chi connectivity index (χ3n) is 4.70. The van der Waals surface area contributed by atoms with E-state index in [1.54, 1.807) is 7.11 Å². The summed E-state index contributed by atoms with van der Waals surface area (Å²) in [5, 5.41) is 0. The average Bonchev–Trinajstić information content (AvgIpc) is 2.99. The summed E-state index contributed by atoms with van der Waals surface area (Å²) in [7, 11) is 1.65. The van der Waals surface area contributed by atoms with Crippen LogP contribution in [0.2, 0.25) is 0 Å². The monoisotopic (exact) mass is 387 g/mol. The van der Waals surface area contributed by atoms with Gasteiger partial charge in [-0.3, -0.25) is 4.79 Å². The lowest BCUT2D eigenvalue weighted by Crippen LogP contribution is -2.20. The molecule has 0 bridgehead atoms. The molecule has 0 aliphatic carbocycles. The van der Waals surface area contributed by atoms with Gasteiger partial charge in [-0.05, 0) is 44.9 Å². The van der Waals surface area contributed by atoms with Crippen LogP contribution < -0.4 is 4.74 Å². The summed E-state index contributed by atoms with van der Waals surface area (Å²) in [6, 6.07) is 9.47. The minimum absolute atomic E-state index is 0.112. The fraction of sp³-hybridized carbons (Fsp3) is 0.455. The molecule has 0 saturated carbocycles. The molecule has 1 aromatic carbocycles. The lowest BCUT2D eigenvalue weighted by atomic mass is 10.1. The van der Waals surface area contributed by atoms with Crippen molar-refractivity contribution in [2.45, 2.75) is 40.2 Å². The Labute approximate surface area is 166 Å². The van der Waals surface area contributed by atoms with E-state index in [4.69, 9.17) is 14.2 Å². The Morgan fingerprint density at radius 3 is 2.54 bits per heavy atom. The second kappa shape index (κ2) is 10.1. The second-order valence-corrected chi connectivity index (χ2v) is 6.79. The fourth-order valence-electron chi connectivity index (χ4n) is 3.39. The van der Waals surface area contributed by atoms with E-state index in [2.05, 4.69) is 4.57 Å². The van der Waals surface area contributed by atoms with E-state index in [9.17, 15) is 9.59 Å². The Hall–Kier alpha value is -2.60. The van der Waals surface area contributed by atoms with E-state index in [-0.39, 0.29) is 25.0 Å². The number of hydrogen-bond acceptors (Lipinski definition) is 5. The van der Waals surface area contributed by atoms with Crippen LogP contribution in [0, 0.1) is 13.8 Å². The molecule has 2 aromatic rings. The molecule has 2 rings (SSSR count). The number of benzene rings is 1. The number of methoxy groups -OCH3 is 1. The van der Waals surface area contributed by atoms with Gasteiger partial charge < -0.3 is 18.8 Å². The van der Waals surface area contributed by atoms with Gasteiger partial charge in [0.1, 0.15) is 5.75 Å². The van der Waals surface area contributed by atoms with Crippen molar-refractivity contribution in [2.75, 3.05) is 26.9 Å². The zero-order valence-corrected chi connectivity index (χ0v) is 17.3. The van der Waals surface area contributed by atoms with Crippen LogP contribution in [0.15, 0.2) is 30.3 Å². The highest BCUT2D eigenvalue weighted by atomic mass is 16.6. The molecular weight excluding hydrogens is 358 g/mol.